The second-order valence-corrected chi connectivity index (χ2v) is 17.1. The molecular formula is C57H36. The first kappa shape index (κ1) is 30.5. The largest absolute Gasteiger partial charge is 0.0761 e. The molecule has 0 aromatic heterocycles. The molecule has 9 aromatic carbocycles. The van der Waals surface area contributed by atoms with Gasteiger partial charge in [-0.2, -0.15) is 0 Å². The Morgan fingerprint density at radius 1 is 0.386 bits per heavy atom. The lowest BCUT2D eigenvalue weighted by Gasteiger charge is -2.30. The van der Waals surface area contributed by atoms with Gasteiger partial charge in [0.2, 0.25) is 0 Å². The second-order valence-electron chi connectivity index (χ2n) is 17.1. The van der Waals surface area contributed by atoms with Crippen molar-refractivity contribution in [2.45, 2.75) is 31.1 Å². The van der Waals surface area contributed by atoms with Gasteiger partial charge in [-0.3, -0.25) is 0 Å². The van der Waals surface area contributed by atoms with Crippen molar-refractivity contribution < 1.29 is 0 Å². The van der Waals surface area contributed by atoms with Crippen LogP contribution in [0.5, 0.6) is 0 Å². The average Bonchev–Trinajstić information content (AvgIpc) is 3.95. The van der Waals surface area contributed by atoms with Crippen LogP contribution in [0.2, 0.25) is 0 Å². The van der Waals surface area contributed by atoms with Crippen LogP contribution in [0.3, 0.4) is 0 Å². The summed E-state index contributed by atoms with van der Waals surface area (Å²) in [4.78, 5) is 0. The second kappa shape index (κ2) is 10.3. The highest BCUT2D eigenvalue weighted by Gasteiger charge is 2.52. The van der Waals surface area contributed by atoms with Crippen molar-refractivity contribution in [3.63, 3.8) is 0 Å². The summed E-state index contributed by atoms with van der Waals surface area (Å²) >= 11 is 0. The van der Waals surface area contributed by atoms with Gasteiger partial charge in [0.05, 0.1) is 5.41 Å². The Balaban J connectivity index is 1.14. The summed E-state index contributed by atoms with van der Waals surface area (Å²) in [5.74, 6) is 0.782. The fourth-order valence-corrected chi connectivity index (χ4v) is 12.6. The van der Waals surface area contributed by atoms with Gasteiger partial charge < -0.3 is 0 Å². The van der Waals surface area contributed by atoms with E-state index in [0.29, 0.717) is 11.8 Å². The summed E-state index contributed by atoms with van der Waals surface area (Å²) in [6, 6.07) is 56.4. The number of rotatable bonds is 1. The van der Waals surface area contributed by atoms with E-state index >= 15 is 0 Å². The molecule has 0 radical (unpaired) electrons. The van der Waals surface area contributed by atoms with Gasteiger partial charge in [0.1, 0.15) is 0 Å². The lowest BCUT2D eigenvalue weighted by atomic mass is 9.70. The lowest BCUT2D eigenvalue weighted by Crippen LogP contribution is -2.25. The molecule has 57 heavy (non-hydrogen) atoms. The molecule has 1 spiro atoms. The Bertz CT molecular complexity index is 3390. The van der Waals surface area contributed by atoms with E-state index in [-0.39, 0.29) is 0 Å². The smallest absolute Gasteiger partial charge is 0.0725 e. The molecule has 0 amide bonds. The third-order valence-corrected chi connectivity index (χ3v) is 14.6. The van der Waals surface area contributed by atoms with E-state index in [1.54, 1.807) is 0 Å². The van der Waals surface area contributed by atoms with E-state index < -0.39 is 5.41 Å². The molecule has 0 saturated heterocycles. The monoisotopic (exact) mass is 720 g/mol. The van der Waals surface area contributed by atoms with Gasteiger partial charge in [-0.25, -0.2) is 0 Å². The molecule has 0 N–H and O–H groups in total. The van der Waals surface area contributed by atoms with Gasteiger partial charge in [0.15, 0.2) is 0 Å². The van der Waals surface area contributed by atoms with Crippen LogP contribution in [0.1, 0.15) is 56.3 Å². The fraction of sp³-hybridized carbons (Fsp3) is 0.0877. The van der Waals surface area contributed by atoms with Crippen molar-refractivity contribution >= 4 is 32.3 Å². The Morgan fingerprint density at radius 3 is 1.81 bits per heavy atom. The quantitative estimate of drug-likeness (QED) is 0.158. The standard InChI is InChI=1S/C57H36/c1-31-26-27-42-51(32(2)28-43-35-16-5-6-19-38(35)50(31)54(42)43)56-34-15-4-3-14-33(34)29-44-45-30-49-53(40-21-13-22-41(52(40)45)55(44)56)39-20-9-12-25-48(39)57(49)46-23-10-7-17-36(46)37-18-8-11-24-47(37)57/h3-30,35,38H,1-2H3. The molecule has 5 aliphatic carbocycles. The summed E-state index contributed by atoms with van der Waals surface area (Å²) in [6.45, 7) is 4.67. The van der Waals surface area contributed by atoms with E-state index in [2.05, 4.69) is 184 Å². The number of fused-ring (bicyclic) bond motifs is 18. The third kappa shape index (κ3) is 3.42. The predicted molar refractivity (Wildman–Crippen MR) is 238 cm³/mol. The van der Waals surface area contributed by atoms with Gasteiger partial charge in [-0.05, 0) is 158 Å². The van der Waals surface area contributed by atoms with Crippen LogP contribution in [0.4, 0.5) is 0 Å². The van der Waals surface area contributed by atoms with E-state index in [9.17, 15) is 0 Å². The minimum Gasteiger partial charge on any atom is -0.0761 e. The maximum Gasteiger partial charge on any atom is 0.0725 e. The van der Waals surface area contributed by atoms with Crippen molar-refractivity contribution in [1.29, 1.82) is 0 Å². The molecule has 2 unspecified atom stereocenters. The van der Waals surface area contributed by atoms with Crippen LogP contribution in [0.25, 0.3) is 88.0 Å². The first-order valence-electron chi connectivity index (χ1n) is 20.5. The van der Waals surface area contributed by atoms with Crippen molar-refractivity contribution in [2.24, 2.45) is 0 Å². The molecular weight excluding hydrogens is 685 g/mol. The lowest BCUT2D eigenvalue weighted by molar-refractivity contribution is 0.764. The Hall–Kier alpha value is -6.76. The van der Waals surface area contributed by atoms with Gasteiger partial charge in [0.25, 0.3) is 0 Å². The number of benzene rings is 9. The normalized spacial score (nSPS) is 17.6. The Labute approximate surface area is 332 Å². The number of hydrogen-bond donors (Lipinski definition) is 0. The summed E-state index contributed by atoms with van der Waals surface area (Å²) < 4.78 is 0. The van der Waals surface area contributed by atoms with E-state index in [4.69, 9.17) is 0 Å². The zero-order valence-electron chi connectivity index (χ0n) is 31.8. The van der Waals surface area contributed by atoms with E-state index in [1.807, 2.05) is 0 Å². The minimum absolute atomic E-state index is 0.390. The van der Waals surface area contributed by atoms with Crippen LogP contribution in [0.15, 0.2) is 170 Å². The maximum absolute atomic E-state index is 2.62. The number of hydrogen-bond acceptors (Lipinski definition) is 0. The van der Waals surface area contributed by atoms with E-state index in [0.717, 1.165) is 0 Å². The van der Waals surface area contributed by atoms with Gasteiger partial charge in [-0.1, -0.05) is 158 Å². The highest BCUT2D eigenvalue weighted by atomic mass is 14.5. The molecule has 0 heterocycles. The molecule has 0 heteroatoms. The predicted octanol–water partition coefficient (Wildman–Crippen LogP) is 14.7. The molecule has 0 saturated carbocycles. The molecule has 0 bridgehead atoms. The highest BCUT2D eigenvalue weighted by molar-refractivity contribution is 6.27. The first-order chi connectivity index (χ1) is 28.1. The van der Waals surface area contributed by atoms with Crippen molar-refractivity contribution in [3.05, 3.63) is 214 Å². The van der Waals surface area contributed by atoms with Crippen LogP contribution in [0, 0.1) is 13.8 Å². The zero-order chi connectivity index (χ0) is 37.3. The maximum atomic E-state index is 2.62. The number of allylic oxidation sites excluding steroid dienone is 4. The number of aryl methyl sites for hydroxylation is 2. The van der Waals surface area contributed by atoms with Gasteiger partial charge in [0, 0.05) is 11.8 Å². The summed E-state index contributed by atoms with van der Waals surface area (Å²) in [5.41, 5.74) is 24.5. The van der Waals surface area contributed by atoms with Crippen LogP contribution < -0.4 is 0 Å². The molecule has 2 atom stereocenters. The SMILES string of the molecule is Cc1cc2c3c(c(C)ccc3c1-c1c3c(cc4ccccc14)-c1cc4c(c5cccc-3c15)-c1ccccc1C41c3ccccc3-c3ccccc31)C1C=CC=CC21. The molecule has 14 rings (SSSR count). The van der Waals surface area contributed by atoms with E-state index in [1.165, 1.54) is 132 Å². The topological polar surface area (TPSA) is 0 Å². The molecule has 0 aliphatic heterocycles. The fourth-order valence-electron chi connectivity index (χ4n) is 12.6. The third-order valence-electron chi connectivity index (χ3n) is 14.6. The van der Waals surface area contributed by atoms with Gasteiger partial charge in [-0.15, -0.1) is 0 Å². The van der Waals surface area contributed by atoms with Crippen molar-refractivity contribution in [1.82, 2.24) is 0 Å². The molecule has 0 fully saturated rings. The Morgan fingerprint density at radius 2 is 1.02 bits per heavy atom. The molecule has 5 aliphatic rings. The Kier molecular flexibility index (Phi) is 5.53. The van der Waals surface area contributed by atoms with Crippen molar-refractivity contribution in [2.75, 3.05) is 0 Å². The molecule has 0 nitrogen and oxygen atoms in total. The first-order valence-corrected chi connectivity index (χ1v) is 20.5. The van der Waals surface area contributed by atoms with Crippen LogP contribution in [-0.2, 0) is 5.41 Å². The van der Waals surface area contributed by atoms with Crippen LogP contribution >= 0.6 is 0 Å². The van der Waals surface area contributed by atoms with Crippen LogP contribution in [-0.4, -0.2) is 0 Å². The minimum atomic E-state index is -0.395. The molecule has 9 aromatic rings. The average molecular weight is 721 g/mol. The molecule has 264 valence electrons. The van der Waals surface area contributed by atoms with Crippen molar-refractivity contribution in [3.8, 4) is 55.6 Å². The van der Waals surface area contributed by atoms with Gasteiger partial charge >= 0.3 is 0 Å². The summed E-state index contributed by atoms with van der Waals surface area (Å²) in [7, 11) is 0. The highest BCUT2D eigenvalue weighted by Crippen LogP contribution is 2.66. The zero-order valence-corrected chi connectivity index (χ0v) is 31.8. The summed E-state index contributed by atoms with van der Waals surface area (Å²) in [6.07, 6.45) is 9.35. The summed E-state index contributed by atoms with van der Waals surface area (Å²) in [5, 5.41) is 8.21.